The molecule has 0 bridgehead atoms. The summed E-state index contributed by atoms with van der Waals surface area (Å²) in [6, 6.07) is 25.3. The first-order chi connectivity index (χ1) is 11.8. The average molecular weight is 337 g/mol. The van der Waals surface area contributed by atoms with Gasteiger partial charge in [-0.05, 0) is 59.7 Å². The van der Waals surface area contributed by atoms with Crippen LogP contribution in [0.5, 0.6) is 5.75 Å². The lowest BCUT2D eigenvalue weighted by Crippen LogP contribution is -1.95. The summed E-state index contributed by atoms with van der Waals surface area (Å²) in [4.78, 5) is 0. The van der Waals surface area contributed by atoms with Crippen molar-refractivity contribution in [1.82, 2.24) is 0 Å². The van der Waals surface area contributed by atoms with E-state index in [2.05, 4.69) is 10.5 Å². The number of nitrogens with one attached hydrogen (secondary N) is 1. The minimum absolute atomic E-state index is 0.562. The molecular weight excluding hydrogens is 320 g/mol. The number of ether oxygens (including phenoxy) is 1. The fourth-order valence-electron chi connectivity index (χ4n) is 2.10. The van der Waals surface area contributed by atoms with Crippen LogP contribution in [0.1, 0.15) is 11.1 Å². The number of rotatable bonds is 6. The van der Waals surface area contributed by atoms with E-state index < -0.39 is 0 Å². The number of nitrogens with zero attached hydrogens (tertiary/aromatic N) is 1. The first-order valence-corrected chi connectivity index (χ1v) is 7.99. The van der Waals surface area contributed by atoms with Gasteiger partial charge in [0, 0.05) is 5.02 Å². The van der Waals surface area contributed by atoms with Crippen LogP contribution in [0.25, 0.3) is 0 Å². The van der Waals surface area contributed by atoms with Crippen molar-refractivity contribution in [3.8, 4) is 5.75 Å². The maximum absolute atomic E-state index is 5.84. The highest BCUT2D eigenvalue weighted by atomic mass is 35.5. The quantitative estimate of drug-likeness (QED) is 0.485. The Balaban J connectivity index is 1.52. The summed E-state index contributed by atoms with van der Waals surface area (Å²) in [5.41, 5.74) is 5.99. The number of anilines is 1. The highest BCUT2D eigenvalue weighted by Crippen LogP contribution is 2.15. The van der Waals surface area contributed by atoms with E-state index in [1.165, 1.54) is 0 Å². The van der Waals surface area contributed by atoms with E-state index in [0.717, 1.165) is 22.6 Å². The summed E-state index contributed by atoms with van der Waals surface area (Å²) in [7, 11) is 0. The topological polar surface area (TPSA) is 33.6 Å². The normalized spacial score (nSPS) is 10.7. The van der Waals surface area contributed by atoms with Crippen LogP contribution >= 0.6 is 11.6 Å². The molecule has 0 fully saturated rings. The van der Waals surface area contributed by atoms with Crippen LogP contribution in [0.15, 0.2) is 84.0 Å². The van der Waals surface area contributed by atoms with Crippen molar-refractivity contribution in [2.75, 3.05) is 5.43 Å². The maximum atomic E-state index is 5.84. The molecule has 0 atom stereocenters. The zero-order chi connectivity index (χ0) is 16.6. The van der Waals surface area contributed by atoms with Gasteiger partial charge < -0.3 is 4.74 Å². The molecule has 1 N–H and O–H groups in total. The molecule has 0 aliphatic heterocycles. The van der Waals surface area contributed by atoms with Gasteiger partial charge in [0.25, 0.3) is 0 Å². The lowest BCUT2D eigenvalue weighted by molar-refractivity contribution is 0.306. The highest BCUT2D eigenvalue weighted by Gasteiger charge is 1.96. The van der Waals surface area contributed by atoms with Gasteiger partial charge in [0.2, 0.25) is 0 Å². The lowest BCUT2D eigenvalue weighted by atomic mass is 10.2. The van der Waals surface area contributed by atoms with Gasteiger partial charge >= 0.3 is 0 Å². The average Bonchev–Trinajstić information content (AvgIpc) is 2.64. The minimum atomic E-state index is 0.562. The molecule has 0 saturated heterocycles. The Morgan fingerprint density at radius 1 is 0.875 bits per heavy atom. The molecule has 0 amide bonds. The maximum Gasteiger partial charge on any atom is 0.119 e. The molecule has 0 spiro atoms. The van der Waals surface area contributed by atoms with Crippen LogP contribution < -0.4 is 10.2 Å². The summed E-state index contributed by atoms with van der Waals surface area (Å²) >= 11 is 5.84. The van der Waals surface area contributed by atoms with Gasteiger partial charge in [0.05, 0.1) is 11.9 Å². The van der Waals surface area contributed by atoms with E-state index in [-0.39, 0.29) is 0 Å². The molecule has 0 saturated carbocycles. The Morgan fingerprint density at radius 2 is 1.58 bits per heavy atom. The fraction of sp³-hybridized carbons (Fsp3) is 0.0500. The molecule has 0 aliphatic rings. The van der Waals surface area contributed by atoms with E-state index in [9.17, 15) is 0 Å². The van der Waals surface area contributed by atoms with Crippen molar-refractivity contribution in [3.05, 3.63) is 95.0 Å². The molecule has 3 aromatic carbocycles. The second-order valence-corrected chi connectivity index (χ2v) is 5.66. The molecular formula is C20H17ClN2O. The SMILES string of the molecule is Clc1ccc(N/N=C/c2ccc(OCc3ccccc3)cc2)cc1. The van der Waals surface area contributed by atoms with Crippen LogP contribution in [-0.2, 0) is 6.61 Å². The summed E-state index contributed by atoms with van der Waals surface area (Å²) in [5, 5.41) is 4.91. The molecule has 3 nitrogen and oxygen atoms in total. The van der Waals surface area contributed by atoms with E-state index in [1.54, 1.807) is 6.21 Å². The van der Waals surface area contributed by atoms with Gasteiger partial charge in [-0.15, -0.1) is 0 Å². The highest BCUT2D eigenvalue weighted by molar-refractivity contribution is 6.30. The van der Waals surface area contributed by atoms with E-state index in [0.29, 0.717) is 11.6 Å². The third-order valence-corrected chi connectivity index (χ3v) is 3.63. The Bertz CT molecular complexity index is 784. The van der Waals surface area contributed by atoms with E-state index in [1.807, 2.05) is 78.9 Å². The third-order valence-electron chi connectivity index (χ3n) is 3.38. The Labute approximate surface area is 146 Å². The zero-order valence-corrected chi connectivity index (χ0v) is 13.8. The summed E-state index contributed by atoms with van der Waals surface area (Å²) < 4.78 is 5.76. The van der Waals surface area contributed by atoms with Crippen molar-refractivity contribution >= 4 is 23.5 Å². The van der Waals surface area contributed by atoms with Crippen LogP contribution in [0, 0.1) is 0 Å². The van der Waals surface area contributed by atoms with Crippen LogP contribution in [0.2, 0.25) is 5.02 Å². The second kappa shape index (κ2) is 8.18. The van der Waals surface area contributed by atoms with E-state index in [4.69, 9.17) is 16.3 Å². The molecule has 3 aromatic rings. The predicted molar refractivity (Wildman–Crippen MR) is 99.9 cm³/mol. The summed E-state index contributed by atoms with van der Waals surface area (Å²) in [6.07, 6.45) is 1.76. The van der Waals surface area contributed by atoms with Crippen molar-refractivity contribution in [2.24, 2.45) is 5.10 Å². The van der Waals surface area contributed by atoms with Crippen molar-refractivity contribution in [2.45, 2.75) is 6.61 Å². The number of hydrogen-bond donors (Lipinski definition) is 1. The lowest BCUT2D eigenvalue weighted by Gasteiger charge is -2.06. The Hall–Kier alpha value is -2.78. The molecule has 0 unspecified atom stereocenters. The largest absolute Gasteiger partial charge is 0.489 e. The van der Waals surface area contributed by atoms with Crippen LogP contribution in [-0.4, -0.2) is 6.21 Å². The standard InChI is InChI=1S/C20H17ClN2O/c21-18-8-10-19(11-9-18)23-22-14-16-6-12-20(13-7-16)24-15-17-4-2-1-3-5-17/h1-14,23H,15H2/b22-14+. The van der Waals surface area contributed by atoms with Crippen LogP contribution in [0.3, 0.4) is 0 Å². The number of benzene rings is 3. The molecule has 4 heteroatoms. The first kappa shape index (κ1) is 16.1. The third kappa shape index (κ3) is 4.86. The molecule has 120 valence electrons. The minimum Gasteiger partial charge on any atom is -0.489 e. The van der Waals surface area contributed by atoms with Gasteiger partial charge in [0.1, 0.15) is 12.4 Å². The van der Waals surface area contributed by atoms with E-state index >= 15 is 0 Å². The first-order valence-electron chi connectivity index (χ1n) is 7.61. The predicted octanol–water partition coefficient (Wildman–Crippen LogP) is 5.37. The zero-order valence-electron chi connectivity index (χ0n) is 13.0. The number of halogens is 1. The molecule has 0 aromatic heterocycles. The van der Waals surface area contributed by atoms with Gasteiger partial charge in [-0.2, -0.15) is 5.10 Å². The molecule has 24 heavy (non-hydrogen) atoms. The fourth-order valence-corrected chi connectivity index (χ4v) is 2.22. The van der Waals surface area contributed by atoms with Crippen molar-refractivity contribution < 1.29 is 4.74 Å². The second-order valence-electron chi connectivity index (χ2n) is 5.22. The van der Waals surface area contributed by atoms with Gasteiger partial charge in [0.15, 0.2) is 0 Å². The molecule has 0 heterocycles. The van der Waals surface area contributed by atoms with Gasteiger partial charge in [-0.25, -0.2) is 0 Å². The van der Waals surface area contributed by atoms with Gasteiger partial charge in [-0.3, -0.25) is 5.43 Å². The molecule has 0 aliphatic carbocycles. The monoisotopic (exact) mass is 336 g/mol. The number of hydrazone groups is 1. The van der Waals surface area contributed by atoms with Crippen molar-refractivity contribution in [3.63, 3.8) is 0 Å². The summed E-state index contributed by atoms with van der Waals surface area (Å²) in [5.74, 6) is 0.835. The van der Waals surface area contributed by atoms with Crippen molar-refractivity contribution in [1.29, 1.82) is 0 Å². The molecule has 3 rings (SSSR count). The van der Waals surface area contributed by atoms with Gasteiger partial charge in [-0.1, -0.05) is 41.9 Å². The van der Waals surface area contributed by atoms with Crippen LogP contribution in [0.4, 0.5) is 5.69 Å². The summed E-state index contributed by atoms with van der Waals surface area (Å²) in [6.45, 7) is 0.562. The Kier molecular flexibility index (Phi) is 5.48. The smallest absolute Gasteiger partial charge is 0.119 e. The Morgan fingerprint density at radius 3 is 2.29 bits per heavy atom. The number of hydrogen-bond acceptors (Lipinski definition) is 3. The molecule has 0 radical (unpaired) electrons.